The van der Waals surface area contributed by atoms with Crippen molar-refractivity contribution in [2.24, 2.45) is 0 Å². The minimum Gasteiger partial charge on any atom is -0.508 e. The number of phenols is 3. The third-order valence-corrected chi connectivity index (χ3v) is 5.45. The third-order valence-electron chi connectivity index (χ3n) is 5.45. The minimum atomic E-state index is -0.715. The van der Waals surface area contributed by atoms with E-state index in [1.807, 2.05) is 39.8 Å². The molecule has 4 rings (SSSR count). The standard InChI is InChI=1S/C25H26O6/c1-13(2)5-6-18-23-17(7-8-25(3,4)31-23)22(29)21-19(28)12-20(30-24(18)21)14-9-15(26)11-16(27)10-14/h5,7-11,20,26-27,29H,6,12H2,1-4H3/t20-/m0/s1. The van der Waals surface area contributed by atoms with E-state index < -0.39 is 11.7 Å². The van der Waals surface area contributed by atoms with Crippen LogP contribution in [0.3, 0.4) is 0 Å². The summed E-state index contributed by atoms with van der Waals surface area (Å²) in [7, 11) is 0. The number of phenolic OH excluding ortho intramolecular Hbond substituents is 3. The number of carbonyl (C=O) groups is 1. The summed E-state index contributed by atoms with van der Waals surface area (Å²) in [5, 5.41) is 30.7. The van der Waals surface area contributed by atoms with Crippen molar-refractivity contribution in [3.8, 4) is 28.7 Å². The average molecular weight is 422 g/mol. The summed E-state index contributed by atoms with van der Waals surface area (Å²) in [5.41, 5.74) is 2.29. The molecule has 0 aliphatic carbocycles. The van der Waals surface area contributed by atoms with E-state index in [9.17, 15) is 20.1 Å². The van der Waals surface area contributed by atoms with Crippen LogP contribution in [0, 0.1) is 0 Å². The van der Waals surface area contributed by atoms with Gasteiger partial charge in [-0.25, -0.2) is 0 Å². The number of fused-ring (bicyclic) bond motifs is 2. The maximum atomic E-state index is 13.1. The number of Topliss-reactive ketones (excluding diaryl/α,β-unsaturated/α-hetero) is 1. The summed E-state index contributed by atoms with van der Waals surface area (Å²) in [6, 6.07) is 4.13. The molecule has 0 bridgehead atoms. The van der Waals surface area contributed by atoms with Crippen LogP contribution < -0.4 is 9.47 Å². The number of allylic oxidation sites excluding steroid dienone is 2. The van der Waals surface area contributed by atoms with Crippen LogP contribution in [0.2, 0.25) is 0 Å². The molecule has 0 aromatic heterocycles. The van der Waals surface area contributed by atoms with Crippen molar-refractivity contribution in [1.29, 1.82) is 0 Å². The number of ether oxygens (including phenoxy) is 2. The minimum absolute atomic E-state index is 0.0274. The smallest absolute Gasteiger partial charge is 0.174 e. The van der Waals surface area contributed by atoms with Crippen LogP contribution in [0.25, 0.3) is 6.08 Å². The predicted octanol–water partition coefficient (Wildman–Crippen LogP) is 5.20. The van der Waals surface area contributed by atoms with Crippen molar-refractivity contribution in [2.45, 2.75) is 52.2 Å². The van der Waals surface area contributed by atoms with Gasteiger partial charge in [-0.1, -0.05) is 11.6 Å². The summed E-state index contributed by atoms with van der Waals surface area (Å²) >= 11 is 0. The van der Waals surface area contributed by atoms with Crippen molar-refractivity contribution >= 4 is 11.9 Å². The van der Waals surface area contributed by atoms with Crippen LogP contribution >= 0.6 is 0 Å². The van der Waals surface area contributed by atoms with Crippen molar-refractivity contribution in [1.82, 2.24) is 0 Å². The van der Waals surface area contributed by atoms with Crippen molar-refractivity contribution in [3.05, 3.63) is 58.2 Å². The fourth-order valence-corrected chi connectivity index (χ4v) is 3.94. The topological polar surface area (TPSA) is 96.2 Å². The molecule has 0 amide bonds. The van der Waals surface area contributed by atoms with E-state index in [1.165, 1.54) is 18.2 Å². The molecular weight excluding hydrogens is 396 g/mol. The normalized spacial score (nSPS) is 18.5. The summed E-state index contributed by atoms with van der Waals surface area (Å²) in [4.78, 5) is 13.1. The van der Waals surface area contributed by atoms with Crippen LogP contribution in [0.4, 0.5) is 0 Å². The Kier molecular flexibility index (Phi) is 4.96. The molecule has 2 aromatic rings. The number of benzene rings is 2. The van der Waals surface area contributed by atoms with Crippen LogP contribution in [0.15, 0.2) is 35.9 Å². The highest BCUT2D eigenvalue weighted by Gasteiger charge is 2.38. The van der Waals surface area contributed by atoms with Gasteiger partial charge in [-0.3, -0.25) is 4.79 Å². The van der Waals surface area contributed by atoms with Gasteiger partial charge in [-0.2, -0.15) is 0 Å². The average Bonchev–Trinajstić information content (AvgIpc) is 2.65. The molecule has 1 atom stereocenters. The highest BCUT2D eigenvalue weighted by molar-refractivity contribution is 6.05. The van der Waals surface area contributed by atoms with Crippen LogP contribution in [-0.2, 0) is 6.42 Å². The zero-order chi connectivity index (χ0) is 22.5. The molecule has 2 heterocycles. The lowest BCUT2D eigenvalue weighted by atomic mass is 9.88. The van der Waals surface area contributed by atoms with E-state index >= 15 is 0 Å². The van der Waals surface area contributed by atoms with Crippen LogP contribution in [-0.4, -0.2) is 26.7 Å². The number of ketones is 1. The molecule has 0 saturated heterocycles. The Morgan fingerprint density at radius 2 is 1.81 bits per heavy atom. The molecule has 0 fully saturated rings. The van der Waals surface area contributed by atoms with E-state index in [0.29, 0.717) is 28.9 Å². The van der Waals surface area contributed by atoms with Crippen molar-refractivity contribution < 1.29 is 29.6 Å². The first-order chi connectivity index (χ1) is 14.6. The maximum absolute atomic E-state index is 13.1. The number of carbonyl (C=O) groups excluding carboxylic acids is 1. The summed E-state index contributed by atoms with van der Waals surface area (Å²) in [6.07, 6.45) is 5.36. The Bertz CT molecular complexity index is 1120. The van der Waals surface area contributed by atoms with Gasteiger partial charge in [0.15, 0.2) is 5.78 Å². The number of hydrogen-bond acceptors (Lipinski definition) is 6. The molecule has 2 aromatic carbocycles. The second kappa shape index (κ2) is 7.38. The monoisotopic (exact) mass is 422 g/mol. The molecule has 162 valence electrons. The maximum Gasteiger partial charge on any atom is 0.174 e. The summed E-state index contributed by atoms with van der Waals surface area (Å²) < 4.78 is 12.4. The van der Waals surface area contributed by atoms with Gasteiger partial charge in [0.1, 0.15) is 46.0 Å². The first-order valence-electron chi connectivity index (χ1n) is 10.2. The highest BCUT2D eigenvalue weighted by Crippen LogP contribution is 2.51. The van der Waals surface area contributed by atoms with Gasteiger partial charge in [-0.15, -0.1) is 0 Å². The van der Waals surface area contributed by atoms with Gasteiger partial charge in [-0.05, 0) is 58.4 Å². The SMILES string of the molecule is CC(C)=CCc1c2c(c(O)c3c1O[C@H](c1cc(O)cc(O)c1)CC3=O)C=CC(C)(C)O2. The lowest BCUT2D eigenvalue weighted by Gasteiger charge is -2.34. The molecule has 0 radical (unpaired) electrons. The Morgan fingerprint density at radius 1 is 1.13 bits per heavy atom. The molecule has 2 aliphatic heterocycles. The number of hydrogen-bond donors (Lipinski definition) is 3. The lowest BCUT2D eigenvalue weighted by molar-refractivity contribution is 0.0838. The fourth-order valence-electron chi connectivity index (χ4n) is 3.94. The largest absolute Gasteiger partial charge is 0.508 e. The fraction of sp³-hybridized carbons (Fsp3) is 0.320. The van der Waals surface area contributed by atoms with Crippen molar-refractivity contribution in [2.75, 3.05) is 0 Å². The van der Waals surface area contributed by atoms with E-state index in [-0.39, 0.29) is 40.8 Å². The zero-order valence-electron chi connectivity index (χ0n) is 18.0. The van der Waals surface area contributed by atoms with Gasteiger partial charge < -0.3 is 24.8 Å². The summed E-state index contributed by atoms with van der Waals surface area (Å²) in [5.74, 6) is 0.110. The van der Waals surface area contributed by atoms with Gasteiger partial charge >= 0.3 is 0 Å². The Hall–Kier alpha value is -3.41. The molecule has 0 unspecified atom stereocenters. The molecule has 3 N–H and O–H groups in total. The molecular formula is C25H26O6. The van der Waals surface area contributed by atoms with E-state index in [0.717, 1.165) is 5.57 Å². The lowest BCUT2D eigenvalue weighted by Crippen LogP contribution is -2.29. The van der Waals surface area contributed by atoms with Gasteiger partial charge in [0.25, 0.3) is 0 Å². The summed E-state index contributed by atoms with van der Waals surface area (Å²) in [6.45, 7) is 7.79. The molecule has 2 aliphatic rings. The first kappa shape index (κ1) is 20.8. The molecule has 0 saturated carbocycles. The first-order valence-corrected chi connectivity index (χ1v) is 10.2. The van der Waals surface area contributed by atoms with Crippen molar-refractivity contribution in [3.63, 3.8) is 0 Å². The molecule has 0 spiro atoms. The van der Waals surface area contributed by atoms with E-state index in [4.69, 9.17) is 9.47 Å². The quantitative estimate of drug-likeness (QED) is 0.588. The van der Waals surface area contributed by atoms with Crippen LogP contribution in [0.5, 0.6) is 28.7 Å². The molecule has 31 heavy (non-hydrogen) atoms. The second-order valence-corrected chi connectivity index (χ2v) is 8.82. The second-order valence-electron chi connectivity index (χ2n) is 8.82. The predicted molar refractivity (Wildman–Crippen MR) is 117 cm³/mol. The molecule has 6 heteroatoms. The number of aromatic hydroxyl groups is 3. The zero-order valence-corrected chi connectivity index (χ0v) is 18.0. The Balaban J connectivity index is 1.91. The Labute approximate surface area is 181 Å². The van der Waals surface area contributed by atoms with Gasteiger partial charge in [0, 0.05) is 17.2 Å². The number of rotatable bonds is 3. The molecule has 6 nitrogen and oxygen atoms in total. The third kappa shape index (κ3) is 3.85. The van der Waals surface area contributed by atoms with E-state index in [2.05, 4.69) is 0 Å². The van der Waals surface area contributed by atoms with E-state index in [1.54, 1.807) is 6.08 Å². The van der Waals surface area contributed by atoms with Crippen LogP contribution in [0.1, 0.15) is 67.3 Å². The Morgan fingerprint density at radius 3 is 2.45 bits per heavy atom. The van der Waals surface area contributed by atoms with Gasteiger partial charge in [0.05, 0.1) is 12.0 Å². The highest BCUT2D eigenvalue weighted by atomic mass is 16.5. The van der Waals surface area contributed by atoms with Gasteiger partial charge in [0.2, 0.25) is 0 Å².